The minimum atomic E-state index is -0.0295. The van der Waals surface area contributed by atoms with Crippen molar-refractivity contribution < 1.29 is 14.7 Å². The molecule has 2 heterocycles. The third kappa shape index (κ3) is 4.91. The van der Waals surface area contributed by atoms with Crippen molar-refractivity contribution in [1.82, 2.24) is 14.7 Å². The minimum absolute atomic E-state index is 0.0295. The monoisotopic (exact) mass is 449 g/mol. The van der Waals surface area contributed by atoms with E-state index in [9.17, 15) is 14.7 Å². The second kappa shape index (κ2) is 9.18. The molecule has 0 radical (unpaired) electrons. The Balaban J connectivity index is 1.43. The summed E-state index contributed by atoms with van der Waals surface area (Å²) >= 11 is 0. The van der Waals surface area contributed by atoms with Crippen molar-refractivity contribution in [3.63, 3.8) is 0 Å². The first-order valence-electron chi connectivity index (χ1n) is 11.8. The van der Waals surface area contributed by atoms with Crippen LogP contribution in [0.2, 0.25) is 0 Å². The predicted molar refractivity (Wildman–Crippen MR) is 129 cm³/mol. The fourth-order valence-corrected chi connectivity index (χ4v) is 4.93. The molecule has 33 heavy (non-hydrogen) atoms. The highest BCUT2D eigenvalue weighted by Gasteiger charge is 2.34. The third-order valence-electron chi connectivity index (χ3n) is 7.37. The van der Waals surface area contributed by atoms with Crippen LogP contribution in [0.1, 0.15) is 59.8 Å². The average Bonchev–Trinajstić information content (AvgIpc) is 3.25. The molecule has 0 aliphatic carbocycles. The van der Waals surface area contributed by atoms with Gasteiger partial charge in [0.1, 0.15) is 5.75 Å². The molecule has 0 atom stereocenters. The van der Waals surface area contributed by atoms with Crippen LogP contribution in [0, 0.1) is 6.92 Å². The Morgan fingerprint density at radius 3 is 2.36 bits per heavy atom. The van der Waals surface area contributed by atoms with Gasteiger partial charge < -0.3 is 14.9 Å². The van der Waals surface area contributed by atoms with Gasteiger partial charge in [-0.15, -0.1) is 0 Å². The quantitative estimate of drug-likeness (QED) is 0.756. The number of phenols is 1. The number of rotatable bonds is 5. The standard InChI is InChI=1S/C27H35N3O3/c1-19-16-21(8-9-25(19)32)10-11-27(3,4)30-17-22-6-5-7-23(24(22)18-30)26(33)29-14-12-28(13-15-29)20(2)31/h5-9,16,32H,10-15,17-18H2,1-4H3. The fourth-order valence-electron chi connectivity index (χ4n) is 4.93. The fraction of sp³-hybridized carbons (Fsp3) is 0.481. The van der Waals surface area contributed by atoms with E-state index in [1.54, 1.807) is 17.9 Å². The Morgan fingerprint density at radius 2 is 1.70 bits per heavy atom. The predicted octanol–water partition coefficient (Wildman–Crippen LogP) is 3.73. The maximum Gasteiger partial charge on any atom is 0.254 e. The SMILES string of the molecule is CC(=O)N1CCN(C(=O)c2cccc3c2CN(C(C)(C)CCc2ccc(O)c(C)c2)C3)CC1. The smallest absolute Gasteiger partial charge is 0.254 e. The van der Waals surface area contributed by atoms with Gasteiger partial charge in [-0.2, -0.15) is 0 Å². The number of aromatic hydroxyl groups is 1. The van der Waals surface area contributed by atoms with Crippen LogP contribution >= 0.6 is 0 Å². The summed E-state index contributed by atoms with van der Waals surface area (Å²) in [6, 6.07) is 11.9. The molecule has 0 aromatic heterocycles. The van der Waals surface area contributed by atoms with Crippen molar-refractivity contribution in [1.29, 1.82) is 0 Å². The van der Waals surface area contributed by atoms with E-state index in [0.29, 0.717) is 31.9 Å². The summed E-state index contributed by atoms with van der Waals surface area (Å²) in [5.41, 5.74) is 5.29. The van der Waals surface area contributed by atoms with E-state index >= 15 is 0 Å². The lowest BCUT2D eigenvalue weighted by Gasteiger charge is -2.36. The molecule has 4 rings (SSSR count). The lowest BCUT2D eigenvalue weighted by atomic mass is 9.93. The van der Waals surface area contributed by atoms with Crippen LogP contribution in [0.25, 0.3) is 0 Å². The Morgan fingerprint density at radius 1 is 1.00 bits per heavy atom. The Bertz CT molecular complexity index is 1050. The van der Waals surface area contributed by atoms with Gasteiger partial charge in [-0.3, -0.25) is 14.5 Å². The van der Waals surface area contributed by atoms with E-state index in [2.05, 4.69) is 30.9 Å². The maximum absolute atomic E-state index is 13.3. The first-order chi connectivity index (χ1) is 15.7. The van der Waals surface area contributed by atoms with Crippen molar-refractivity contribution in [3.8, 4) is 5.75 Å². The molecule has 0 unspecified atom stereocenters. The topological polar surface area (TPSA) is 64.1 Å². The maximum atomic E-state index is 13.3. The summed E-state index contributed by atoms with van der Waals surface area (Å²) in [5, 5.41) is 9.79. The average molecular weight is 450 g/mol. The molecule has 2 aliphatic rings. The highest BCUT2D eigenvalue weighted by molar-refractivity contribution is 5.96. The normalized spacial score (nSPS) is 16.7. The molecule has 0 bridgehead atoms. The van der Waals surface area contributed by atoms with Crippen LogP contribution in [-0.2, 0) is 24.3 Å². The molecule has 2 aromatic carbocycles. The second-order valence-corrected chi connectivity index (χ2v) is 10.0. The van der Waals surface area contributed by atoms with E-state index in [1.807, 2.05) is 30.0 Å². The molecule has 6 heteroatoms. The van der Waals surface area contributed by atoms with Gasteiger partial charge in [-0.1, -0.05) is 24.3 Å². The van der Waals surface area contributed by atoms with Gasteiger partial charge in [-0.25, -0.2) is 0 Å². The molecule has 176 valence electrons. The molecule has 0 saturated carbocycles. The highest BCUT2D eigenvalue weighted by atomic mass is 16.3. The van der Waals surface area contributed by atoms with E-state index in [1.165, 1.54) is 11.1 Å². The summed E-state index contributed by atoms with van der Waals surface area (Å²) in [6.07, 6.45) is 1.93. The highest BCUT2D eigenvalue weighted by Crippen LogP contribution is 2.34. The van der Waals surface area contributed by atoms with Gasteiger partial charge in [-0.05, 0) is 68.0 Å². The molecular formula is C27H35N3O3. The number of carbonyl (C=O) groups is 2. The number of hydrogen-bond acceptors (Lipinski definition) is 4. The summed E-state index contributed by atoms with van der Waals surface area (Å²) in [5.74, 6) is 0.491. The molecule has 0 spiro atoms. The molecule has 6 nitrogen and oxygen atoms in total. The lowest BCUT2D eigenvalue weighted by Crippen LogP contribution is -2.50. The number of nitrogens with zero attached hydrogens (tertiary/aromatic N) is 3. The van der Waals surface area contributed by atoms with Gasteiger partial charge >= 0.3 is 0 Å². The summed E-state index contributed by atoms with van der Waals surface area (Å²) in [4.78, 5) is 31.1. The zero-order valence-corrected chi connectivity index (χ0v) is 20.2. The number of aryl methyl sites for hydroxylation is 2. The number of benzene rings is 2. The van der Waals surface area contributed by atoms with Gasteiger partial charge in [0.2, 0.25) is 5.91 Å². The Kier molecular flexibility index (Phi) is 6.48. The van der Waals surface area contributed by atoms with Crippen LogP contribution in [0.5, 0.6) is 5.75 Å². The van der Waals surface area contributed by atoms with Crippen LogP contribution in [0.3, 0.4) is 0 Å². The van der Waals surface area contributed by atoms with Crippen LogP contribution < -0.4 is 0 Å². The number of fused-ring (bicyclic) bond motifs is 1. The second-order valence-electron chi connectivity index (χ2n) is 10.0. The first kappa shape index (κ1) is 23.3. The number of hydrogen-bond donors (Lipinski definition) is 1. The Labute approximate surface area is 196 Å². The summed E-state index contributed by atoms with van der Waals surface area (Å²) in [6.45, 7) is 12.1. The van der Waals surface area contributed by atoms with Crippen molar-refractivity contribution in [3.05, 3.63) is 64.2 Å². The van der Waals surface area contributed by atoms with Gasteiger partial charge in [0, 0.05) is 57.3 Å². The van der Waals surface area contributed by atoms with E-state index in [0.717, 1.165) is 42.6 Å². The zero-order chi connectivity index (χ0) is 23.8. The zero-order valence-electron chi connectivity index (χ0n) is 20.2. The van der Waals surface area contributed by atoms with E-state index in [-0.39, 0.29) is 17.4 Å². The molecule has 2 aliphatic heterocycles. The number of piperazine rings is 1. The minimum Gasteiger partial charge on any atom is -0.508 e. The number of phenolic OH excluding ortho intramolecular Hbond substituents is 1. The summed E-state index contributed by atoms with van der Waals surface area (Å²) in [7, 11) is 0. The molecular weight excluding hydrogens is 414 g/mol. The first-order valence-corrected chi connectivity index (χ1v) is 11.8. The molecule has 2 amide bonds. The summed E-state index contributed by atoms with van der Waals surface area (Å²) < 4.78 is 0. The molecule has 2 aromatic rings. The van der Waals surface area contributed by atoms with Gasteiger partial charge in [0.05, 0.1) is 0 Å². The van der Waals surface area contributed by atoms with Crippen molar-refractivity contribution in [2.75, 3.05) is 26.2 Å². The molecule has 1 fully saturated rings. The van der Waals surface area contributed by atoms with Gasteiger partial charge in [0.25, 0.3) is 5.91 Å². The van der Waals surface area contributed by atoms with Crippen LogP contribution in [-0.4, -0.2) is 63.3 Å². The molecule has 1 N–H and O–H groups in total. The van der Waals surface area contributed by atoms with E-state index in [4.69, 9.17) is 0 Å². The van der Waals surface area contributed by atoms with Crippen molar-refractivity contribution in [2.45, 2.75) is 59.2 Å². The van der Waals surface area contributed by atoms with Crippen LogP contribution in [0.4, 0.5) is 0 Å². The third-order valence-corrected chi connectivity index (χ3v) is 7.37. The van der Waals surface area contributed by atoms with E-state index < -0.39 is 0 Å². The Hall–Kier alpha value is -2.86. The van der Waals surface area contributed by atoms with Gasteiger partial charge in [0.15, 0.2) is 0 Å². The number of amides is 2. The largest absolute Gasteiger partial charge is 0.508 e. The lowest BCUT2D eigenvalue weighted by molar-refractivity contribution is -0.130. The number of carbonyl (C=O) groups excluding carboxylic acids is 2. The van der Waals surface area contributed by atoms with Crippen molar-refractivity contribution >= 4 is 11.8 Å². The van der Waals surface area contributed by atoms with Crippen LogP contribution in [0.15, 0.2) is 36.4 Å². The van der Waals surface area contributed by atoms with Crippen molar-refractivity contribution in [2.24, 2.45) is 0 Å². The molecule has 1 saturated heterocycles.